The van der Waals surface area contributed by atoms with Gasteiger partial charge >= 0.3 is 6.61 Å². The number of ether oxygens (including phenoxy) is 1. The van der Waals surface area contributed by atoms with E-state index in [4.69, 9.17) is 0 Å². The molecule has 0 saturated heterocycles. The molecule has 0 atom stereocenters. The van der Waals surface area contributed by atoms with Crippen molar-refractivity contribution in [1.82, 2.24) is 5.43 Å². The molecule has 0 aliphatic rings. The molecule has 23 heavy (non-hydrogen) atoms. The third kappa shape index (κ3) is 4.88. The minimum Gasteiger partial charge on any atom is -0.435 e. The number of aryl methyl sites for hydroxylation is 2. The predicted molar refractivity (Wildman–Crippen MR) is 84.1 cm³/mol. The number of nitrogens with one attached hydrogen (secondary N) is 1. The number of amides is 1. The first-order valence-corrected chi connectivity index (χ1v) is 6.91. The van der Waals surface area contributed by atoms with Gasteiger partial charge in [0.05, 0.1) is 6.21 Å². The number of hydrazone groups is 1. The SMILES string of the molecule is Cc1ccc(C(=O)N/N=C/c2ccc(OC(F)F)cc2)c(C)c1. The molecule has 0 heterocycles. The zero-order valence-corrected chi connectivity index (χ0v) is 12.7. The third-order valence-corrected chi connectivity index (χ3v) is 3.11. The quantitative estimate of drug-likeness (QED) is 0.675. The molecule has 1 amide bonds. The van der Waals surface area contributed by atoms with E-state index in [0.29, 0.717) is 11.1 Å². The molecule has 0 aromatic heterocycles. The van der Waals surface area contributed by atoms with E-state index in [0.717, 1.165) is 11.1 Å². The van der Waals surface area contributed by atoms with Gasteiger partial charge in [0.2, 0.25) is 0 Å². The fourth-order valence-corrected chi connectivity index (χ4v) is 2.03. The summed E-state index contributed by atoms with van der Waals surface area (Å²) in [6.45, 7) is 0.952. The van der Waals surface area contributed by atoms with Crippen molar-refractivity contribution in [2.75, 3.05) is 0 Å². The maximum atomic E-state index is 12.0. The summed E-state index contributed by atoms with van der Waals surface area (Å²) in [5.41, 5.74) is 5.57. The van der Waals surface area contributed by atoms with Gasteiger partial charge in [-0.3, -0.25) is 4.79 Å². The summed E-state index contributed by atoms with van der Waals surface area (Å²) in [7, 11) is 0. The molecule has 0 bridgehead atoms. The Labute approximate surface area is 132 Å². The molecule has 0 saturated carbocycles. The lowest BCUT2D eigenvalue weighted by Crippen LogP contribution is -2.18. The Morgan fingerprint density at radius 3 is 2.48 bits per heavy atom. The van der Waals surface area contributed by atoms with Crippen molar-refractivity contribution in [3.05, 3.63) is 64.7 Å². The van der Waals surface area contributed by atoms with E-state index < -0.39 is 6.61 Å². The summed E-state index contributed by atoms with van der Waals surface area (Å²) in [6.07, 6.45) is 1.42. The lowest BCUT2D eigenvalue weighted by molar-refractivity contribution is -0.0498. The summed E-state index contributed by atoms with van der Waals surface area (Å²) in [6, 6.07) is 11.4. The fraction of sp³-hybridized carbons (Fsp3) is 0.176. The molecule has 0 aliphatic carbocycles. The molecule has 2 rings (SSSR count). The van der Waals surface area contributed by atoms with E-state index in [1.165, 1.54) is 18.3 Å². The Balaban J connectivity index is 1.97. The maximum absolute atomic E-state index is 12.0. The van der Waals surface area contributed by atoms with Crippen LogP contribution in [0.25, 0.3) is 0 Å². The summed E-state index contributed by atoms with van der Waals surface area (Å²) >= 11 is 0. The van der Waals surface area contributed by atoms with E-state index in [2.05, 4.69) is 15.3 Å². The molecule has 0 radical (unpaired) electrons. The topological polar surface area (TPSA) is 50.7 Å². The maximum Gasteiger partial charge on any atom is 0.387 e. The second-order valence-corrected chi connectivity index (χ2v) is 4.97. The van der Waals surface area contributed by atoms with Crippen LogP contribution >= 0.6 is 0 Å². The highest BCUT2D eigenvalue weighted by Crippen LogP contribution is 2.14. The van der Waals surface area contributed by atoms with Crippen LogP contribution in [0.5, 0.6) is 5.75 Å². The van der Waals surface area contributed by atoms with E-state index in [1.807, 2.05) is 26.0 Å². The van der Waals surface area contributed by atoms with Gasteiger partial charge in [-0.1, -0.05) is 17.7 Å². The van der Waals surface area contributed by atoms with Crippen LogP contribution in [0.3, 0.4) is 0 Å². The Morgan fingerprint density at radius 2 is 1.87 bits per heavy atom. The molecule has 4 nitrogen and oxygen atoms in total. The summed E-state index contributed by atoms with van der Waals surface area (Å²) in [5, 5.41) is 3.86. The van der Waals surface area contributed by atoms with E-state index in [9.17, 15) is 13.6 Å². The Bertz CT molecular complexity index is 713. The molecule has 1 N–H and O–H groups in total. The summed E-state index contributed by atoms with van der Waals surface area (Å²) in [5.74, 6) is -0.243. The Hall–Kier alpha value is -2.76. The highest BCUT2D eigenvalue weighted by molar-refractivity contribution is 5.96. The zero-order valence-electron chi connectivity index (χ0n) is 12.7. The van der Waals surface area contributed by atoms with Gasteiger partial charge < -0.3 is 4.74 Å². The van der Waals surface area contributed by atoms with Crippen LogP contribution in [-0.2, 0) is 0 Å². The molecule has 0 aliphatic heterocycles. The van der Waals surface area contributed by atoms with Crippen LogP contribution in [0.1, 0.15) is 27.0 Å². The Kier molecular flexibility index (Phi) is 5.41. The van der Waals surface area contributed by atoms with Gasteiger partial charge in [0, 0.05) is 5.56 Å². The summed E-state index contributed by atoms with van der Waals surface area (Å²) in [4.78, 5) is 12.0. The molecule has 2 aromatic carbocycles. The van der Waals surface area contributed by atoms with Crippen molar-refractivity contribution < 1.29 is 18.3 Å². The fourth-order valence-electron chi connectivity index (χ4n) is 2.03. The van der Waals surface area contributed by atoms with Crippen LogP contribution < -0.4 is 10.2 Å². The number of nitrogens with zero attached hydrogens (tertiary/aromatic N) is 1. The van der Waals surface area contributed by atoms with Crippen LogP contribution in [0.2, 0.25) is 0 Å². The predicted octanol–water partition coefficient (Wildman–Crippen LogP) is 3.67. The number of hydrogen-bond acceptors (Lipinski definition) is 3. The smallest absolute Gasteiger partial charge is 0.387 e. The number of carbonyl (C=O) groups excluding carboxylic acids is 1. The molecule has 2 aromatic rings. The number of hydrogen-bond donors (Lipinski definition) is 1. The second kappa shape index (κ2) is 7.49. The third-order valence-electron chi connectivity index (χ3n) is 3.11. The minimum atomic E-state index is -2.86. The van der Waals surface area contributed by atoms with Gasteiger partial charge in [-0.15, -0.1) is 0 Å². The first-order valence-electron chi connectivity index (χ1n) is 6.91. The van der Waals surface area contributed by atoms with E-state index in [1.54, 1.807) is 18.2 Å². The van der Waals surface area contributed by atoms with E-state index in [-0.39, 0.29) is 11.7 Å². The standard InChI is InChI=1S/C17H16F2N2O2/c1-11-3-8-15(12(2)9-11)16(22)21-20-10-13-4-6-14(7-5-13)23-17(18)19/h3-10,17H,1-2H3,(H,21,22)/b20-10+. The average molecular weight is 318 g/mol. The van der Waals surface area contributed by atoms with Gasteiger partial charge in [0.1, 0.15) is 5.75 Å². The molecule has 0 spiro atoms. The molecular formula is C17H16F2N2O2. The second-order valence-electron chi connectivity index (χ2n) is 4.97. The number of carbonyl (C=O) groups is 1. The van der Waals surface area contributed by atoms with Gasteiger partial charge in [-0.2, -0.15) is 13.9 Å². The van der Waals surface area contributed by atoms with Gasteiger partial charge in [0.25, 0.3) is 5.91 Å². The van der Waals surface area contributed by atoms with E-state index >= 15 is 0 Å². The highest BCUT2D eigenvalue weighted by Gasteiger charge is 2.07. The van der Waals surface area contributed by atoms with Crippen molar-refractivity contribution in [3.8, 4) is 5.75 Å². The average Bonchev–Trinajstić information content (AvgIpc) is 2.48. The molecular weight excluding hydrogens is 302 g/mol. The number of rotatable bonds is 5. The highest BCUT2D eigenvalue weighted by atomic mass is 19.3. The number of alkyl halides is 2. The molecule has 6 heteroatoms. The van der Waals surface area contributed by atoms with Crippen molar-refractivity contribution in [1.29, 1.82) is 0 Å². The number of halogens is 2. The molecule has 120 valence electrons. The summed E-state index contributed by atoms with van der Waals surface area (Å²) < 4.78 is 28.3. The van der Waals surface area contributed by atoms with Crippen LogP contribution in [0.15, 0.2) is 47.6 Å². The van der Waals surface area contributed by atoms with Crippen molar-refractivity contribution >= 4 is 12.1 Å². The molecule has 0 unspecified atom stereocenters. The van der Waals surface area contributed by atoms with Crippen molar-refractivity contribution in [2.45, 2.75) is 20.5 Å². The molecule has 0 fully saturated rings. The van der Waals surface area contributed by atoms with Crippen LogP contribution in [0.4, 0.5) is 8.78 Å². The van der Waals surface area contributed by atoms with Crippen LogP contribution in [0, 0.1) is 13.8 Å². The largest absolute Gasteiger partial charge is 0.435 e. The first-order chi connectivity index (χ1) is 11.0. The normalized spacial score (nSPS) is 11.0. The van der Waals surface area contributed by atoms with Gasteiger partial charge in [-0.25, -0.2) is 5.43 Å². The lowest BCUT2D eigenvalue weighted by Gasteiger charge is -2.05. The van der Waals surface area contributed by atoms with Crippen LogP contribution in [-0.4, -0.2) is 18.7 Å². The van der Waals surface area contributed by atoms with Gasteiger partial charge in [-0.05, 0) is 55.3 Å². The number of benzene rings is 2. The van der Waals surface area contributed by atoms with Gasteiger partial charge in [0.15, 0.2) is 0 Å². The monoisotopic (exact) mass is 318 g/mol. The van der Waals surface area contributed by atoms with Crippen molar-refractivity contribution in [3.63, 3.8) is 0 Å². The lowest BCUT2D eigenvalue weighted by atomic mass is 10.1. The zero-order chi connectivity index (χ0) is 16.8. The Morgan fingerprint density at radius 1 is 1.17 bits per heavy atom. The first kappa shape index (κ1) is 16.6. The van der Waals surface area contributed by atoms with Crippen molar-refractivity contribution in [2.24, 2.45) is 5.10 Å². The minimum absolute atomic E-state index is 0.0662.